The van der Waals surface area contributed by atoms with E-state index in [1.807, 2.05) is 62.4 Å². The van der Waals surface area contributed by atoms with Gasteiger partial charge in [0, 0.05) is 22.5 Å². The molecule has 0 spiro atoms. The Labute approximate surface area is 267 Å². The average molecular weight is 622 g/mol. The quantitative estimate of drug-likeness (QED) is 0.258. The first-order chi connectivity index (χ1) is 22.2. The van der Waals surface area contributed by atoms with Crippen molar-refractivity contribution in [3.05, 3.63) is 119 Å². The first-order valence-corrected chi connectivity index (χ1v) is 15.1. The number of ether oxygens (including phenoxy) is 5. The molecule has 0 saturated carbocycles. The van der Waals surface area contributed by atoms with Gasteiger partial charge in [-0.2, -0.15) is 0 Å². The highest BCUT2D eigenvalue weighted by molar-refractivity contribution is 6.05. The molecule has 46 heavy (non-hydrogen) atoms. The van der Waals surface area contributed by atoms with Gasteiger partial charge in [0.1, 0.15) is 41.4 Å². The van der Waals surface area contributed by atoms with E-state index in [1.54, 1.807) is 62.8 Å². The molecule has 3 saturated heterocycles. The van der Waals surface area contributed by atoms with Crippen LogP contribution in [0, 0.1) is 0 Å². The number of hydrogen-bond donors (Lipinski definition) is 2. The molecular weight excluding hydrogens is 586 g/mol. The van der Waals surface area contributed by atoms with Crippen LogP contribution in [0.25, 0.3) is 0 Å². The minimum atomic E-state index is -0.856. The lowest BCUT2D eigenvalue weighted by Crippen LogP contribution is -2.40. The lowest BCUT2D eigenvalue weighted by Gasteiger charge is -2.33. The zero-order valence-electron chi connectivity index (χ0n) is 26.0. The van der Waals surface area contributed by atoms with Crippen molar-refractivity contribution in [2.75, 3.05) is 31.5 Å². The van der Waals surface area contributed by atoms with Crippen LogP contribution in [0.4, 0.5) is 11.4 Å². The van der Waals surface area contributed by atoms with Gasteiger partial charge < -0.3 is 34.3 Å². The summed E-state index contributed by atoms with van der Waals surface area (Å²) in [5, 5.41) is 5.99. The van der Waals surface area contributed by atoms with E-state index < -0.39 is 23.7 Å². The largest absolute Gasteiger partial charge is 0.497 e. The van der Waals surface area contributed by atoms with Crippen molar-refractivity contribution in [2.45, 2.75) is 43.7 Å². The van der Waals surface area contributed by atoms with Crippen molar-refractivity contribution in [2.24, 2.45) is 0 Å². The zero-order chi connectivity index (χ0) is 32.1. The van der Waals surface area contributed by atoms with E-state index in [-0.39, 0.29) is 18.0 Å². The van der Waals surface area contributed by atoms with E-state index in [4.69, 9.17) is 23.7 Å². The van der Waals surface area contributed by atoms with Crippen molar-refractivity contribution < 1.29 is 33.3 Å². The Kier molecular flexibility index (Phi) is 7.53. The van der Waals surface area contributed by atoms with E-state index in [9.17, 15) is 9.59 Å². The molecule has 10 nitrogen and oxygen atoms in total. The molecule has 236 valence electrons. The molecule has 0 aromatic heterocycles. The maximum Gasteiger partial charge on any atom is 0.255 e. The number of nitrogens with zero attached hydrogens (tertiary/aromatic N) is 1. The fourth-order valence-corrected chi connectivity index (χ4v) is 6.52. The van der Waals surface area contributed by atoms with Gasteiger partial charge in [0.15, 0.2) is 0 Å². The SMILES string of the molecule is COc1ccc(C(=O)Nc2cccc([C@]3(C)O[C@@H]4CO[C@H]5N4[C@@H]3O[C@@]5(C)c3cccc(NC(=O)c4ccc(OC)cc4)c3)c2)cc1. The Balaban J connectivity index is 1.12. The summed E-state index contributed by atoms with van der Waals surface area (Å²) in [4.78, 5) is 28.1. The van der Waals surface area contributed by atoms with Crippen molar-refractivity contribution in [3.8, 4) is 11.5 Å². The Morgan fingerprint density at radius 1 is 0.696 bits per heavy atom. The number of anilines is 2. The molecule has 2 amide bonds. The van der Waals surface area contributed by atoms with Crippen LogP contribution in [0.2, 0.25) is 0 Å². The number of amides is 2. The first kappa shape index (κ1) is 29.9. The Bertz CT molecular complexity index is 1670. The van der Waals surface area contributed by atoms with Crippen LogP contribution >= 0.6 is 0 Å². The number of methoxy groups -OCH3 is 2. The summed E-state index contributed by atoms with van der Waals surface area (Å²) >= 11 is 0. The number of rotatable bonds is 8. The van der Waals surface area contributed by atoms with Crippen LogP contribution in [0.5, 0.6) is 11.5 Å². The zero-order valence-corrected chi connectivity index (χ0v) is 26.0. The fourth-order valence-electron chi connectivity index (χ4n) is 6.52. The highest BCUT2D eigenvalue weighted by Gasteiger charge is 2.68. The van der Waals surface area contributed by atoms with Crippen molar-refractivity contribution in [1.82, 2.24) is 4.90 Å². The smallest absolute Gasteiger partial charge is 0.255 e. The molecule has 3 heterocycles. The second-order valence-corrected chi connectivity index (χ2v) is 11.9. The van der Waals surface area contributed by atoms with E-state index in [0.717, 1.165) is 11.1 Å². The van der Waals surface area contributed by atoms with Crippen molar-refractivity contribution in [1.29, 1.82) is 0 Å². The highest BCUT2D eigenvalue weighted by atomic mass is 16.7. The molecule has 7 rings (SSSR count). The second-order valence-electron chi connectivity index (χ2n) is 11.9. The predicted molar refractivity (Wildman–Crippen MR) is 171 cm³/mol. The number of benzene rings is 4. The molecule has 4 aromatic carbocycles. The van der Waals surface area contributed by atoms with Gasteiger partial charge in [-0.3, -0.25) is 9.59 Å². The van der Waals surface area contributed by atoms with Gasteiger partial charge in [-0.05, 0) is 97.8 Å². The normalized spacial score (nSPS) is 26.4. The Hall–Kier alpha value is -4.74. The minimum Gasteiger partial charge on any atom is -0.497 e. The minimum absolute atomic E-state index is 0.227. The van der Waals surface area contributed by atoms with Gasteiger partial charge in [0.05, 0.1) is 20.8 Å². The van der Waals surface area contributed by atoms with Gasteiger partial charge in [-0.15, -0.1) is 0 Å². The number of carbonyl (C=O) groups excluding carboxylic acids is 2. The van der Waals surface area contributed by atoms with Crippen molar-refractivity contribution in [3.63, 3.8) is 0 Å². The van der Waals surface area contributed by atoms with E-state index in [0.29, 0.717) is 40.6 Å². The molecule has 0 aliphatic carbocycles. The van der Waals surface area contributed by atoms with Gasteiger partial charge in [-0.25, -0.2) is 4.90 Å². The molecule has 5 atom stereocenters. The average Bonchev–Trinajstić information content (AvgIpc) is 3.73. The van der Waals surface area contributed by atoms with E-state index >= 15 is 0 Å². The summed E-state index contributed by atoms with van der Waals surface area (Å²) in [7, 11) is 3.17. The maximum absolute atomic E-state index is 13.0. The summed E-state index contributed by atoms with van der Waals surface area (Å²) in [6, 6.07) is 29.2. The van der Waals surface area contributed by atoms with Crippen molar-refractivity contribution >= 4 is 23.2 Å². The van der Waals surface area contributed by atoms with Crippen LogP contribution < -0.4 is 20.1 Å². The summed E-state index contributed by atoms with van der Waals surface area (Å²) in [6.45, 7) is 4.40. The third-order valence-corrected chi connectivity index (χ3v) is 9.04. The van der Waals surface area contributed by atoms with Gasteiger partial charge in [0.25, 0.3) is 11.8 Å². The molecule has 10 heteroatoms. The standard InChI is InChI=1S/C36H35N3O7/c1-35(24-7-5-9-26(19-24)37-31(40)22-11-15-28(42-3)16-12-22)33-39-30(21-44-33)45-36(2,34(39)46-35)25-8-6-10-27(20-25)38-32(41)23-13-17-29(43-4)18-14-23/h5-20,30,33-34H,21H2,1-4H3,(H,37,40)(H,38,41)/t30-,33-,34-,35+,36+/m1/s1. The number of hydrogen-bond acceptors (Lipinski definition) is 8. The number of nitrogens with one attached hydrogen (secondary N) is 2. The highest BCUT2D eigenvalue weighted by Crippen LogP contribution is 2.56. The van der Waals surface area contributed by atoms with Crippen LogP contribution in [0.1, 0.15) is 45.7 Å². The second kappa shape index (κ2) is 11.6. The van der Waals surface area contributed by atoms with Gasteiger partial charge in [-0.1, -0.05) is 24.3 Å². The molecule has 0 bridgehead atoms. The molecule has 3 aliphatic heterocycles. The summed E-state index contributed by atoms with van der Waals surface area (Å²) in [5.41, 5.74) is 2.34. The fraction of sp³-hybridized carbons (Fsp3) is 0.278. The first-order valence-electron chi connectivity index (χ1n) is 15.1. The van der Waals surface area contributed by atoms with Crippen LogP contribution in [-0.4, -0.2) is 56.2 Å². The predicted octanol–water partition coefficient (Wildman–Crippen LogP) is 5.71. The third kappa shape index (κ3) is 5.09. The molecule has 0 unspecified atom stereocenters. The number of carbonyl (C=O) groups is 2. The summed E-state index contributed by atoms with van der Waals surface area (Å²) in [5.74, 6) is 0.910. The molecule has 2 N–H and O–H groups in total. The van der Waals surface area contributed by atoms with Crippen LogP contribution in [0.3, 0.4) is 0 Å². The van der Waals surface area contributed by atoms with E-state index in [2.05, 4.69) is 15.5 Å². The maximum atomic E-state index is 13.0. The molecule has 0 radical (unpaired) electrons. The van der Waals surface area contributed by atoms with Gasteiger partial charge in [0.2, 0.25) is 0 Å². The lowest BCUT2D eigenvalue weighted by molar-refractivity contribution is -0.138. The molecule has 3 fully saturated rings. The topological polar surface area (TPSA) is 108 Å². The monoisotopic (exact) mass is 621 g/mol. The van der Waals surface area contributed by atoms with Crippen LogP contribution in [-0.2, 0) is 25.4 Å². The van der Waals surface area contributed by atoms with E-state index in [1.165, 1.54) is 0 Å². The lowest BCUT2D eigenvalue weighted by atomic mass is 9.93. The molecule has 4 aromatic rings. The summed E-state index contributed by atoms with van der Waals surface area (Å²) < 4.78 is 30.2. The molecule has 3 aliphatic rings. The van der Waals surface area contributed by atoms with Gasteiger partial charge >= 0.3 is 0 Å². The Morgan fingerprint density at radius 2 is 1.17 bits per heavy atom. The summed E-state index contributed by atoms with van der Waals surface area (Å²) in [6.07, 6.45) is -1.19. The Morgan fingerprint density at radius 3 is 1.65 bits per heavy atom. The van der Waals surface area contributed by atoms with Crippen LogP contribution in [0.15, 0.2) is 97.1 Å². The third-order valence-electron chi connectivity index (χ3n) is 9.04. The molecular formula is C36H35N3O7.